The van der Waals surface area contributed by atoms with E-state index < -0.39 is 0 Å². The molecule has 0 aliphatic heterocycles. The first kappa shape index (κ1) is 9.57. The molecule has 0 amide bonds. The second-order valence-corrected chi connectivity index (χ2v) is 0.637. The van der Waals surface area contributed by atoms with Gasteiger partial charge in [-0.25, -0.2) is 0 Å². The van der Waals surface area contributed by atoms with E-state index in [0.29, 0.717) is 0 Å². The van der Waals surface area contributed by atoms with Crippen LogP contribution in [-0.2, 0) is 0 Å². The molecule has 0 aromatic carbocycles. The van der Waals surface area contributed by atoms with Crippen LogP contribution in [0, 0.1) is 11.5 Å². The smallest absolute Gasteiger partial charge is 0.209 e. The van der Waals surface area contributed by atoms with Gasteiger partial charge in [0, 0.05) is 17.4 Å². The van der Waals surface area contributed by atoms with E-state index in [1.54, 1.807) is 0 Å². The van der Waals surface area contributed by atoms with E-state index in [1.165, 1.54) is 6.19 Å². The van der Waals surface area contributed by atoms with Crippen LogP contribution < -0.4 is 11.5 Å². The molecule has 0 saturated carbocycles. The summed E-state index contributed by atoms with van der Waals surface area (Å²) in [6.07, 6.45) is 1.41. The number of nitriles is 1. The van der Waals surface area contributed by atoms with Crippen LogP contribution in [0.25, 0.3) is 0 Å². The Morgan fingerprint density at radius 1 is 1.57 bits per heavy atom. The summed E-state index contributed by atoms with van der Waals surface area (Å²) in [5.74, 6) is -0.197. The molecular weight excluding hydrogens is 107 g/mol. The van der Waals surface area contributed by atoms with Crippen LogP contribution >= 0.6 is 0 Å². The van der Waals surface area contributed by atoms with Crippen LogP contribution in [0.3, 0.4) is 0 Å². The van der Waals surface area contributed by atoms with Gasteiger partial charge in [-0.05, 0) is 0 Å². The fourth-order valence-electron chi connectivity index (χ4n) is 0.0577. The highest BCUT2D eigenvalue weighted by Gasteiger charge is 1.67. The standard InChI is InChI=1S/C2H4N4.Al/c3-1-6-2(4)5;/h(H4,4,5,6);. The highest BCUT2D eigenvalue weighted by atomic mass is 27.0. The van der Waals surface area contributed by atoms with Crippen molar-refractivity contribution >= 4 is 23.3 Å². The van der Waals surface area contributed by atoms with Crippen molar-refractivity contribution in [2.75, 3.05) is 0 Å². The molecule has 4 nitrogen and oxygen atoms in total. The Kier molecular flexibility index (Phi) is 7.23. The first-order chi connectivity index (χ1) is 2.77. The van der Waals surface area contributed by atoms with E-state index in [1.807, 2.05) is 0 Å². The summed E-state index contributed by atoms with van der Waals surface area (Å²) < 4.78 is 0. The molecular formula is C2H4AlN4. The Bertz CT molecular complexity index is 96.7. The molecule has 3 radical (unpaired) electrons. The van der Waals surface area contributed by atoms with E-state index in [4.69, 9.17) is 16.7 Å². The minimum atomic E-state index is -0.197. The van der Waals surface area contributed by atoms with Crippen LogP contribution in [0.1, 0.15) is 0 Å². The molecule has 35 valence electrons. The zero-order chi connectivity index (χ0) is 4.99. The maximum atomic E-state index is 7.64. The lowest BCUT2D eigenvalue weighted by Gasteiger charge is -1.74. The van der Waals surface area contributed by atoms with Gasteiger partial charge in [-0.15, -0.1) is 4.99 Å². The lowest BCUT2D eigenvalue weighted by molar-refractivity contribution is 1.39. The van der Waals surface area contributed by atoms with Gasteiger partial charge in [0.25, 0.3) is 0 Å². The van der Waals surface area contributed by atoms with E-state index in [0.717, 1.165) is 0 Å². The Balaban J connectivity index is 0. The van der Waals surface area contributed by atoms with Crippen molar-refractivity contribution in [3.63, 3.8) is 0 Å². The highest BCUT2D eigenvalue weighted by molar-refractivity contribution is 5.76. The fraction of sp³-hybridized carbons (Fsp3) is 0. The molecule has 0 aromatic heterocycles. The molecule has 0 unspecified atom stereocenters. The Morgan fingerprint density at radius 2 is 2.00 bits per heavy atom. The third-order valence-corrected chi connectivity index (χ3v) is 0.179. The summed E-state index contributed by atoms with van der Waals surface area (Å²) in [6, 6.07) is 0. The second kappa shape index (κ2) is 5.29. The number of nitrogens with zero attached hydrogens (tertiary/aromatic N) is 2. The molecule has 0 bridgehead atoms. The predicted octanol–water partition coefficient (Wildman–Crippen LogP) is -1.64. The van der Waals surface area contributed by atoms with Gasteiger partial charge in [-0.1, -0.05) is 0 Å². The molecule has 5 heteroatoms. The van der Waals surface area contributed by atoms with E-state index in [9.17, 15) is 0 Å². The van der Waals surface area contributed by atoms with Crippen molar-refractivity contribution in [1.82, 2.24) is 0 Å². The zero-order valence-electron chi connectivity index (χ0n) is 3.63. The molecule has 0 spiro atoms. The van der Waals surface area contributed by atoms with Gasteiger partial charge in [0.05, 0.1) is 0 Å². The van der Waals surface area contributed by atoms with Crippen molar-refractivity contribution in [1.29, 1.82) is 5.26 Å². The molecule has 0 fully saturated rings. The minimum Gasteiger partial charge on any atom is -0.369 e. The molecule has 4 N–H and O–H groups in total. The van der Waals surface area contributed by atoms with Gasteiger partial charge in [0.2, 0.25) is 12.2 Å². The van der Waals surface area contributed by atoms with Gasteiger partial charge in [-0.2, -0.15) is 5.26 Å². The molecule has 0 rings (SSSR count). The molecule has 0 saturated heterocycles. The first-order valence-electron chi connectivity index (χ1n) is 1.25. The number of rotatable bonds is 0. The molecule has 0 aromatic rings. The Labute approximate surface area is 51.9 Å². The van der Waals surface area contributed by atoms with E-state index in [2.05, 4.69) is 4.99 Å². The third kappa shape index (κ3) is 10.9. The Morgan fingerprint density at radius 3 is 2.00 bits per heavy atom. The van der Waals surface area contributed by atoms with Gasteiger partial charge in [0.1, 0.15) is 0 Å². The van der Waals surface area contributed by atoms with E-state index >= 15 is 0 Å². The van der Waals surface area contributed by atoms with Gasteiger partial charge in [-0.3, -0.25) is 0 Å². The van der Waals surface area contributed by atoms with Gasteiger partial charge in [0.15, 0.2) is 0 Å². The van der Waals surface area contributed by atoms with Crippen molar-refractivity contribution in [3.05, 3.63) is 0 Å². The first-order valence-corrected chi connectivity index (χ1v) is 1.25. The number of guanidine groups is 1. The summed E-state index contributed by atoms with van der Waals surface area (Å²) in [5.41, 5.74) is 9.42. The maximum Gasteiger partial charge on any atom is 0.209 e. The maximum absolute atomic E-state index is 7.64. The highest BCUT2D eigenvalue weighted by Crippen LogP contribution is 1.49. The van der Waals surface area contributed by atoms with Crippen LogP contribution in [-0.4, -0.2) is 23.3 Å². The van der Waals surface area contributed by atoms with Crippen LogP contribution in [0.2, 0.25) is 0 Å². The predicted molar refractivity (Wildman–Crippen MR) is 27.2 cm³/mol. The summed E-state index contributed by atoms with van der Waals surface area (Å²) >= 11 is 0. The molecule has 0 atom stereocenters. The summed E-state index contributed by atoms with van der Waals surface area (Å²) in [5, 5.41) is 7.64. The molecule has 0 aliphatic rings. The minimum absolute atomic E-state index is 0. The number of hydrogen-bond acceptors (Lipinski definition) is 2. The number of aliphatic imine (C=N–C) groups is 1. The SMILES string of the molecule is N#CN=C(N)N.[Al]. The monoisotopic (exact) mass is 111 g/mol. The molecule has 0 aliphatic carbocycles. The molecule has 7 heavy (non-hydrogen) atoms. The normalized spacial score (nSPS) is 5.00. The average Bonchev–Trinajstić information content (AvgIpc) is 1.35. The lowest BCUT2D eigenvalue weighted by Crippen LogP contribution is -2.21. The fourth-order valence-corrected chi connectivity index (χ4v) is 0.0577. The summed E-state index contributed by atoms with van der Waals surface area (Å²) in [6.45, 7) is 0. The topological polar surface area (TPSA) is 88.2 Å². The van der Waals surface area contributed by atoms with Crippen molar-refractivity contribution in [2.45, 2.75) is 0 Å². The van der Waals surface area contributed by atoms with E-state index in [-0.39, 0.29) is 23.3 Å². The average molecular weight is 111 g/mol. The van der Waals surface area contributed by atoms with Crippen molar-refractivity contribution in [3.8, 4) is 6.19 Å². The summed E-state index contributed by atoms with van der Waals surface area (Å²) in [4.78, 5) is 2.90. The van der Waals surface area contributed by atoms with Crippen LogP contribution in [0.4, 0.5) is 0 Å². The quantitative estimate of drug-likeness (QED) is 0.170. The number of nitrogens with two attached hydrogens (primary N) is 2. The van der Waals surface area contributed by atoms with Crippen LogP contribution in [0.5, 0.6) is 0 Å². The Hall–Kier alpha value is -0.708. The van der Waals surface area contributed by atoms with Gasteiger partial charge < -0.3 is 11.5 Å². The number of hydrogen-bond donors (Lipinski definition) is 2. The second-order valence-electron chi connectivity index (χ2n) is 0.637. The zero-order valence-corrected chi connectivity index (χ0v) is 4.78. The van der Waals surface area contributed by atoms with Crippen molar-refractivity contribution in [2.24, 2.45) is 16.5 Å². The largest absolute Gasteiger partial charge is 0.369 e. The lowest BCUT2D eigenvalue weighted by atomic mass is 11.1. The summed E-state index contributed by atoms with van der Waals surface area (Å²) in [7, 11) is 0. The van der Waals surface area contributed by atoms with Gasteiger partial charge >= 0.3 is 0 Å². The third-order valence-electron chi connectivity index (χ3n) is 0.179. The van der Waals surface area contributed by atoms with Crippen LogP contribution in [0.15, 0.2) is 4.99 Å². The molecule has 0 heterocycles. The van der Waals surface area contributed by atoms with Crippen molar-refractivity contribution < 1.29 is 0 Å².